The fourth-order valence-corrected chi connectivity index (χ4v) is 1.58. The van der Waals surface area contributed by atoms with Crippen molar-refractivity contribution in [3.05, 3.63) is 23.6 Å². The van der Waals surface area contributed by atoms with Crippen molar-refractivity contribution in [1.82, 2.24) is 9.97 Å². The van der Waals surface area contributed by atoms with Crippen molar-refractivity contribution < 1.29 is 9.47 Å². The van der Waals surface area contributed by atoms with Crippen molar-refractivity contribution in [3.63, 3.8) is 0 Å². The van der Waals surface area contributed by atoms with E-state index in [1.807, 2.05) is 13.0 Å². The van der Waals surface area contributed by atoms with Crippen LogP contribution in [0.25, 0.3) is 10.9 Å². The van der Waals surface area contributed by atoms with Gasteiger partial charge in [-0.2, -0.15) is 0 Å². The lowest BCUT2D eigenvalue weighted by Gasteiger charge is -2.10. The molecule has 1 aromatic heterocycles. The first-order valence-electron chi connectivity index (χ1n) is 4.87. The number of methoxy groups -OCH3 is 1. The largest absolute Gasteiger partial charge is 0.493 e. The van der Waals surface area contributed by atoms with Crippen molar-refractivity contribution in [2.24, 2.45) is 0 Å². The maximum absolute atomic E-state index is 5.73. The second kappa shape index (κ2) is 4.53. The van der Waals surface area contributed by atoms with Gasteiger partial charge in [0.25, 0.3) is 0 Å². The van der Waals surface area contributed by atoms with E-state index in [0.717, 1.165) is 10.9 Å². The van der Waals surface area contributed by atoms with Gasteiger partial charge in [-0.3, -0.25) is 0 Å². The molecule has 2 rings (SSSR count). The van der Waals surface area contributed by atoms with Gasteiger partial charge >= 0.3 is 0 Å². The molecule has 0 radical (unpaired) electrons. The molecule has 0 aliphatic rings. The summed E-state index contributed by atoms with van der Waals surface area (Å²) in [4.78, 5) is 8.03. The molecule has 1 aromatic carbocycles. The Bertz CT molecular complexity index is 517. The average molecular weight is 239 g/mol. The SMILES string of the molecule is CCOc1cc2nc(Cl)ncc2cc1OC. The predicted molar refractivity (Wildman–Crippen MR) is 62.3 cm³/mol. The minimum atomic E-state index is 0.222. The Labute approximate surface area is 98.2 Å². The summed E-state index contributed by atoms with van der Waals surface area (Å²) in [7, 11) is 1.60. The third kappa shape index (κ3) is 2.02. The number of nitrogens with zero attached hydrogens (tertiary/aromatic N) is 2. The van der Waals surface area contributed by atoms with Gasteiger partial charge in [-0.05, 0) is 24.6 Å². The number of rotatable bonds is 3. The molecule has 0 bridgehead atoms. The first-order valence-corrected chi connectivity index (χ1v) is 5.25. The monoisotopic (exact) mass is 238 g/mol. The number of fused-ring (bicyclic) bond motifs is 1. The summed E-state index contributed by atoms with van der Waals surface area (Å²) in [6, 6.07) is 3.63. The molecule has 2 aromatic rings. The highest BCUT2D eigenvalue weighted by Crippen LogP contribution is 2.31. The molecule has 0 aliphatic carbocycles. The van der Waals surface area contributed by atoms with E-state index in [0.29, 0.717) is 18.1 Å². The van der Waals surface area contributed by atoms with Crippen LogP contribution in [0, 0.1) is 0 Å². The Morgan fingerprint density at radius 3 is 2.81 bits per heavy atom. The van der Waals surface area contributed by atoms with Crippen molar-refractivity contribution in [2.75, 3.05) is 13.7 Å². The van der Waals surface area contributed by atoms with Gasteiger partial charge in [0.15, 0.2) is 11.5 Å². The van der Waals surface area contributed by atoms with Crippen LogP contribution >= 0.6 is 11.6 Å². The van der Waals surface area contributed by atoms with Crippen LogP contribution < -0.4 is 9.47 Å². The van der Waals surface area contributed by atoms with E-state index in [9.17, 15) is 0 Å². The van der Waals surface area contributed by atoms with Gasteiger partial charge in [-0.1, -0.05) is 0 Å². The summed E-state index contributed by atoms with van der Waals surface area (Å²) in [6.07, 6.45) is 1.66. The molecule has 0 aliphatic heterocycles. The molecule has 5 heteroatoms. The van der Waals surface area contributed by atoms with E-state index in [-0.39, 0.29) is 5.28 Å². The normalized spacial score (nSPS) is 10.4. The number of aromatic nitrogens is 2. The highest BCUT2D eigenvalue weighted by molar-refractivity contribution is 6.28. The Morgan fingerprint density at radius 1 is 1.31 bits per heavy atom. The second-order valence-corrected chi connectivity index (χ2v) is 3.47. The maximum Gasteiger partial charge on any atom is 0.222 e. The van der Waals surface area contributed by atoms with Crippen LogP contribution in [0.3, 0.4) is 0 Å². The van der Waals surface area contributed by atoms with Gasteiger partial charge < -0.3 is 9.47 Å². The summed E-state index contributed by atoms with van der Waals surface area (Å²) < 4.78 is 10.7. The third-order valence-electron chi connectivity index (χ3n) is 2.14. The maximum atomic E-state index is 5.73. The molecular weight excluding hydrogens is 228 g/mol. The summed E-state index contributed by atoms with van der Waals surface area (Å²) in [5.74, 6) is 1.33. The highest BCUT2D eigenvalue weighted by atomic mass is 35.5. The van der Waals surface area contributed by atoms with Gasteiger partial charge in [0, 0.05) is 17.6 Å². The number of benzene rings is 1. The van der Waals surface area contributed by atoms with Crippen LogP contribution in [0.4, 0.5) is 0 Å². The number of halogens is 1. The molecule has 0 atom stereocenters. The third-order valence-corrected chi connectivity index (χ3v) is 2.32. The van der Waals surface area contributed by atoms with Crippen molar-refractivity contribution >= 4 is 22.5 Å². The Balaban J connectivity index is 2.60. The van der Waals surface area contributed by atoms with E-state index < -0.39 is 0 Å². The molecular formula is C11H11ClN2O2. The van der Waals surface area contributed by atoms with Crippen LogP contribution in [0.2, 0.25) is 5.28 Å². The lowest BCUT2D eigenvalue weighted by atomic mass is 10.2. The molecule has 0 N–H and O–H groups in total. The van der Waals surface area contributed by atoms with Gasteiger partial charge in [-0.25, -0.2) is 9.97 Å². The molecule has 84 valence electrons. The molecule has 4 nitrogen and oxygen atoms in total. The zero-order chi connectivity index (χ0) is 11.5. The first kappa shape index (κ1) is 11.0. The van der Waals surface area contributed by atoms with Crippen LogP contribution in [0.15, 0.2) is 18.3 Å². The topological polar surface area (TPSA) is 44.2 Å². The molecule has 0 saturated heterocycles. The van der Waals surface area contributed by atoms with Crippen molar-refractivity contribution in [1.29, 1.82) is 0 Å². The van der Waals surface area contributed by atoms with Crippen LogP contribution in [-0.2, 0) is 0 Å². The predicted octanol–water partition coefficient (Wildman–Crippen LogP) is 2.69. The Kier molecular flexibility index (Phi) is 3.10. The average Bonchev–Trinajstić information content (AvgIpc) is 2.28. The zero-order valence-electron chi connectivity index (χ0n) is 9.03. The first-order chi connectivity index (χ1) is 7.74. The summed E-state index contributed by atoms with van der Waals surface area (Å²) in [5.41, 5.74) is 0.740. The molecule has 0 spiro atoms. The van der Waals surface area contributed by atoms with Crippen LogP contribution in [0.1, 0.15) is 6.92 Å². The lowest BCUT2D eigenvalue weighted by Crippen LogP contribution is -1.96. The second-order valence-electron chi connectivity index (χ2n) is 3.13. The fourth-order valence-electron chi connectivity index (χ4n) is 1.44. The van der Waals surface area contributed by atoms with E-state index in [4.69, 9.17) is 21.1 Å². The minimum absolute atomic E-state index is 0.222. The van der Waals surface area contributed by atoms with E-state index in [2.05, 4.69) is 9.97 Å². The molecule has 0 fully saturated rings. The standard InChI is InChI=1S/C11H11ClN2O2/c1-3-16-10-5-8-7(4-9(10)15-2)6-13-11(12)14-8/h4-6H,3H2,1-2H3. The van der Waals surface area contributed by atoms with E-state index in [1.54, 1.807) is 19.4 Å². The molecule has 0 amide bonds. The number of hydrogen-bond donors (Lipinski definition) is 0. The van der Waals surface area contributed by atoms with Gasteiger partial charge in [0.2, 0.25) is 5.28 Å². The summed E-state index contributed by atoms with van der Waals surface area (Å²) in [6.45, 7) is 2.48. The summed E-state index contributed by atoms with van der Waals surface area (Å²) in [5, 5.41) is 1.09. The fraction of sp³-hybridized carbons (Fsp3) is 0.273. The van der Waals surface area contributed by atoms with Gasteiger partial charge in [0.05, 0.1) is 19.2 Å². The van der Waals surface area contributed by atoms with E-state index in [1.165, 1.54) is 0 Å². The highest BCUT2D eigenvalue weighted by Gasteiger charge is 2.07. The lowest BCUT2D eigenvalue weighted by molar-refractivity contribution is 0.311. The molecule has 16 heavy (non-hydrogen) atoms. The quantitative estimate of drug-likeness (QED) is 0.772. The molecule has 0 saturated carbocycles. The Morgan fingerprint density at radius 2 is 2.12 bits per heavy atom. The van der Waals surface area contributed by atoms with Gasteiger partial charge in [0.1, 0.15) is 0 Å². The van der Waals surface area contributed by atoms with Gasteiger partial charge in [-0.15, -0.1) is 0 Å². The minimum Gasteiger partial charge on any atom is -0.493 e. The number of hydrogen-bond acceptors (Lipinski definition) is 4. The Hall–Kier alpha value is -1.55. The van der Waals surface area contributed by atoms with Crippen molar-refractivity contribution in [2.45, 2.75) is 6.92 Å². The molecule has 1 heterocycles. The van der Waals surface area contributed by atoms with Crippen molar-refractivity contribution in [3.8, 4) is 11.5 Å². The summed E-state index contributed by atoms with van der Waals surface area (Å²) >= 11 is 5.73. The zero-order valence-corrected chi connectivity index (χ0v) is 9.78. The number of ether oxygens (including phenoxy) is 2. The van der Waals surface area contributed by atoms with Crippen LogP contribution in [0.5, 0.6) is 11.5 Å². The van der Waals surface area contributed by atoms with E-state index >= 15 is 0 Å². The van der Waals surface area contributed by atoms with Crippen LogP contribution in [-0.4, -0.2) is 23.7 Å². The smallest absolute Gasteiger partial charge is 0.222 e. The molecule has 0 unspecified atom stereocenters.